The number of likely N-dealkylation sites (tertiary alicyclic amines) is 1. The van der Waals surface area contributed by atoms with E-state index in [-0.39, 0.29) is 5.91 Å². The normalized spacial score (nSPS) is 14.8. The smallest absolute Gasteiger partial charge is 0.288 e. The highest BCUT2D eigenvalue weighted by Gasteiger charge is 2.15. The lowest BCUT2D eigenvalue weighted by atomic mass is 10.1. The number of thioether (sulfide) groups is 1. The van der Waals surface area contributed by atoms with Gasteiger partial charge in [-0.15, -0.1) is 0 Å². The number of nitrogens with one attached hydrogen (secondary N) is 1. The van der Waals surface area contributed by atoms with Crippen molar-refractivity contribution in [2.24, 2.45) is 0 Å². The van der Waals surface area contributed by atoms with Gasteiger partial charge in [-0.3, -0.25) is 9.69 Å². The van der Waals surface area contributed by atoms with Gasteiger partial charge in [-0.05, 0) is 55.8 Å². The number of hydrogen-bond donors (Lipinski definition) is 1. The van der Waals surface area contributed by atoms with Crippen LogP contribution in [0.2, 0.25) is 0 Å². The van der Waals surface area contributed by atoms with Gasteiger partial charge < -0.3 is 5.32 Å². The minimum atomic E-state index is -2.53. The topological polar surface area (TPSA) is 32.3 Å². The number of benzene rings is 2. The maximum absolute atomic E-state index is 12.7. The Hall–Kier alpha value is -1.92. The molecule has 2 aromatic carbocycles. The van der Waals surface area contributed by atoms with Crippen LogP contribution in [0, 0.1) is 0 Å². The predicted octanol–water partition coefficient (Wildman–Crippen LogP) is 4.85. The second-order valence-corrected chi connectivity index (χ2v) is 7.04. The molecule has 2 aromatic rings. The van der Waals surface area contributed by atoms with Gasteiger partial charge in [-0.1, -0.05) is 36.0 Å². The lowest BCUT2D eigenvalue weighted by Gasteiger charge is -2.15. The second kappa shape index (κ2) is 8.45. The van der Waals surface area contributed by atoms with Crippen molar-refractivity contribution in [1.82, 2.24) is 4.90 Å². The lowest BCUT2D eigenvalue weighted by molar-refractivity contribution is 0.102. The van der Waals surface area contributed by atoms with Crippen molar-refractivity contribution >= 4 is 23.4 Å². The first kappa shape index (κ1) is 17.9. The molecule has 1 aliphatic heterocycles. The zero-order valence-electron chi connectivity index (χ0n) is 13.8. The van der Waals surface area contributed by atoms with Crippen molar-refractivity contribution < 1.29 is 13.6 Å². The molecule has 1 fully saturated rings. The summed E-state index contributed by atoms with van der Waals surface area (Å²) in [6, 6.07) is 14.1. The molecule has 6 heteroatoms. The third-order valence-corrected chi connectivity index (χ3v) is 4.93. The number of alkyl halides is 2. The first-order valence-electron chi connectivity index (χ1n) is 8.28. The molecule has 0 aromatic heterocycles. The molecule has 1 heterocycles. The fraction of sp³-hybridized carbons (Fsp3) is 0.316. The SMILES string of the molecule is O=C(Nc1ccccc1SC(F)F)c1cccc(CN2CCCC2)c1. The molecule has 25 heavy (non-hydrogen) atoms. The van der Waals surface area contributed by atoms with Crippen LogP contribution in [-0.2, 0) is 6.54 Å². The fourth-order valence-electron chi connectivity index (χ4n) is 2.97. The van der Waals surface area contributed by atoms with Crippen LogP contribution in [0.25, 0.3) is 0 Å². The van der Waals surface area contributed by atoms with Crippen LogP contribution in [0.5, 0.6) is 0 Å². The molecule has 1 amide bonds. The molecular formula is C19H20F2N2OS. The monoisotopic (exact) mass is 362 g/mol. The van der Waals surface area contributed by atoms with Gasteiger partial charge in [-0.25, -0.2) is 0 Å². The number of rotatable bonds is 6. The number of carbonyl (C=O) groups excluding carboxylic acids is 1. The summed E-state index contributed by atoms with van der Waals surface area (Å²) < 4.78 is 25.3. The summed E-state index contributed by atoms with van der Waals surface area (Å²) in [6.07, 6.45) is 2.44. The molecule has 0 radical (unpaired) electrons. The van der Waals surface area contributed by atoms with Gasteiger partial charge in [0.1, 0.15) is 0 Å². The zero-order chi connectivity index (χ0) is 17.6. The summed E-state index contributed by atoms with van der Waals surface area (Å²) in [6.45, 7) is 3.02. The van der Waals surface area contributed by atoms with Crippen molar-refractivity contribution in [3.05, 3.63) is 59.7 Å². The van der Waals surface area contributed by atoms with Gasteiger partial charge in [0.25, 0.3) is 11.7 Å². The summed E-state index contributed by atoms with van der Waals surface area (Å²) in [7, 11) is 0. The van der Waals surface area contributed by atoms with E-state index in [9.17, 15) is 13.6 Å². The van der Waals surface area contributed by atoms with E-state index in [0.717, 1.165) is 25.2 Å². The Balaban J connectivity index is 1.71. The van der Waals surface area contributed by atoms with Crippen LogP contribution in [-0.4, -0.2) is 29.7 Å². The third-order valence-electron chi connectivity index (χ3n) is 4.15. The Kier molecular flexibility index (Phi) is 6.04. The van der Waals surface area contributed by atoms with E-state index in [0.29, 0.717) is 27.9 Å². The summed E-state index contributed by atoms with van der Waals surface area (Å²) in [5.74, 6) is -2.81. The minimum Gasteiger partial charge on any atom is -0.321 e. The van der Waals surface area contributed by atoms with Crippen molar-refractivity contribution in [3.8, 4) is 0 Å². The molecule has 1 saturated heterocycles. The van der Waals surface area contributed by atoms with Crippen molar-refractivity contribution in [3.63, 3.8) is 0 Å². The molecular weight excluding hydrogens is 342 g/mol. The van der Waals surface area contributed by atoms with Crippen molar-refractivity contribution in [2.45, 2.75) is 30.0 Å². The van der Waals surface area contributed by atoms with Crippen LogP contribution in [0.4, 0.5) is 14.5 Å². The van der Waals surface area contributed by atoms with Crippen LogP contribution in [0.15, 0.2) is 53.4 Å². The van der Waals surface area contributed by atoms with Crippen LogP contribution in [0.3, 0.4) is 0 Å². The number of amides is 1. The van der Waals surface area contributed by atoms with E-state index in [1.54, 1.807) is 30.3 Å². The third kappa shape index (κ3) is 5.03. The van der Waals surface area contributed by atoms with Crippen molar-refractivity contribution in [2.75, 3.05) is 18.4 Å². The van der Waals surface area contributed by atoms with Crippen LogP contribution in [0.1, 0.15) is 28.8 Å². The summed E-state index contributed by atoms with van der Waals surface area (Å²) in [5, 5.41) is 2.75. The molecule has 1 aliphatic rings. The van der Waals surface area contributed by atoms with E-state index in [2.05, 4.69) is 10.2 Å². The number of carbonyl (C=O) groups is 1. The Morgan fingerprint density at radius 3 is 2.64 bits per heavy atom. The fourth-order valence-corrected chi connectivity index (χ4v) is 3.57. The largest absolute Gasteiger partial charge is 0.321 e. The highest BCUT2D eigenvalue weighted by Crippen LogP contribution is 2.31. The molecule has 3 nitrogen and oxygen atoms in total. The molecule has 0 spiro atoms. The van der Waals surface area contributed by atoms with Crippen LogP contribution < -0.4 is 5.32 Å². The van der Waals surface area contributed by atoms with E-state index in [1.807, 2.05) is 18.2 Å². The Morgan fingerprint density at radius 1 is 1.12 bits per heavy atom. The van der Waals surface area contributed by atoms with Gasteiger partial charge in [0.2, 0.25) is 0 Å². The Bertz CT molecular complexity index is 733. The first-order chi connectivity index (χ1) is 12.1. The average Bonchev–Trinajstić information content (AvgIpc) is 3.09. The maximum atomic E-state index is 12.7. The lowest BCUT2D eigenvalue weighted by Crippen LogP contribution is -2.19. The van der Waals surface area contributed by atoms with Gasteiger partial charge in [-0.2, -0.15) is 8.78 Å². The number of halogens is 2. The molecule has 3 rings (SSSR count). The molecule has 0 aliphatic carbocycles. The second-order valence-electron chi connectivity index (χ2n) is 6.01. The number of hydrogen-bond acceptors (Lipinski definition) is 3. The minimum absolute atomic E-state index is 0.286. The van der Waals surface area contributed by atoms with E-state index in [1.165, 1.54) is 12.8 Å². The summed E-state index contributed by atoms with van der Waals surface area (Å²) >= 11 is 0.432. The molecule has 132 valence electrons. The van der Waals surface area contributed by atoms with Crippen molar-refractivity contribution in [1.29, 1.82) is 0 Å². The van der Waals surface area contributed by atoms with Gasteiger partial charge in [0, 0.05) is 17.0 Å². The molecule has 0 atom stereocenters. The maximum Gasteiger partial charge on any atom is 0.288 e. The number of nitrogens with zero attached hydrogens (tertiary/aromatic N) is 1. The van der Waals surface area contributed by atoms with Gasteiger partial charge >= 0.3 is 0 Å². The standard InChI is InChI=1S/C19H20F2N2OS/c20-19(21)25-17-9-2-1-8-16(17)22-18(24)15-7-5-6-14(12-15)13-23-10-3-4-11-23/h1-2,5-9,12,19H,3-4,10-11,13H2,(H,22,24). The average molecular weight is 362 g/mol. The first-order valence-corrected chi connectivity index (χ1v) is 9.16. The number of para-hydroxylation sites is 1. The highest BCUT2D eigenvalue weighted by atomic mass is 32.2. The quantitative estimate of drug-likeness (QED) is 0.746. The number of anilines is 1. The molecule has 1 N–H and O–H groups in total. The van der Waals surface area contributed by atoms with E-state index < -0.39 is 5.76 Å². The summed E-state index contributed by atoms with van der Waals surface area (Å²) in [4.78, 5) is 15.2. The Labute approximate surface area is 150 Å². The summed E-state index contributed by atoms with van der Waals surface area (Å²) in [5.41, 5.74) is 2.03. The molecule has 0 saturated carbocycles. The molecule has 0 bridgehead atoms. The van der Waals surface area contributed by atoms with E-state index in [4.69, 9.17) is 0 Å². The Morgan fingerprint density at radius 2 is 1.88 bits per heavy atom. The van der Waals surface area contributed by atoms with E-state index >= 15 is 0 Å². The zero-order valence-corrected chi connectivity index (χ0v) is 14.6. The van der Waals surface area contributed by atoms with Gasteiger partial charge in [0.05, 0.1) is 5.69 Å². The van der Waals surface area contributed by atoms with Crippen LogP contribution >= 0.6 is 11.8 Å². The molecule has 0 unspecified atom stereocenters. The predicted molar refractivity (Wildman–Crippen MR) is 97.2 cm³/mol. The highest BCUT2D eigenvalue weighted by molar-refractivity contribution is 7.99. The van der Waals surface area contributed by atoms with Gasteiger partial charge in [0.15, 0.2) is 0 Å².